The van der Waals surface area contributed by atoms with Gasteiger partial charge in [0.25, 0.3) is 0 Å². The van der Waals surface area contributed by atoms with Crippen LogP contribution in [0.5, 0.6) is 11.5 Å². The SMILES string of the molecule is Cc1cccc(C)c1-c1cnc2c3cc(Oc4cccc(N5C=CN(C)C5)c4)ccc3c3ccccc3n12. The van der Waals surface area contributed by atoms with Gasteiger partial charge in [0.15, 0.2) is 0 Å². The van der Waals surface area contributed by atoms with Crippen molar-refractivity contribution in [2.45, 2.75) is 13.8 Å². The number of pyridine rings is 1. The second-order valence-electron chi connectivity index (χ2n) is 10.1. The lowest BCUT2D eigenvalue weighted by Gasteiger charge is -2.19. The van der Waals surface area contributed by atoms with Crippen LogP contribution in [0.2, 0.25) is 0 Å². The van der Waals surface area contributed by atoms with Crippen molar-refractivity contribution in [3.05, 3.63) is 115 Å². The van der Waals surface area contributed by atoms with Crippen molar-refractivity contribution in [3.63, 3.8) is 0 Å². The zero-order valence-corrected chi connectivity index (χ0v) is 21.7. The second-order valence-corrected chi connectivity index (χ2v) is 10.1. The number of fused-ring (bicyclic) bond motifs is 6. The van der Waals surface area contributed by atoms with E-state index in [9.17, 15) is 0 Å². The first kappa shape index (κ1) is 22.4. The second kappa shape index (κ2) is 8.67. The van der Waals surface area contributed by atoms with E-state index in [2.05, 4.69) is 120 Å². The average molecular weight is 497 g/mol. The minimum atomic E-state index is 0.789. The average Bonchev–Trinajstić information content (AvgIpc) is 3.56. The van der Waals surface area contributed by atoms with Crippen LogP contribution >= 0.6 is 0 Å². The third-order valence-electron chi connectivity index (χ3n) is 7.43. The van der Waals surface area contributed by atoms with Gasteiger partial charge in [0.2, 0.25) is 0 Å². The summed E-state index contributed by atoms with van der Waals surface area (Å²) in [5.74, 6) is 1.60. The van der Waals surface area contributed by atoms with Crippen LogP contribution in [0.4, 0.5) is 5.69 Å². The number of hydrogen-bond acceptors (Lipinski definition) is 4. The summed E-state index contributed by atoms with van der Waals surface area (Å²) in [5.41, 5.74) is 8.00. The van der Waals surface area contributed by atoms with Crippen LogP contribution in [-0.2, 0) is 0 Å². The number of aromatic nitrogens is 2. The fraction of sp³-hybridized carbons (Fsp3) is 0.121. The number of anilines is 1. The van der Waals surface area contributed by atoms with Crippen LogP contribution in [0.15, 0.2) is 104 Å². The Morgan fingerprint density at radius 3 is 2.34 bits per heavy atom. The Balaban J connectivity index is 1.38. The number of rotatable bonds is 4. The molecule has 1 aliphatic heterocycles. The molecule has 38 heavy (non-hydrogen) atoms. The minimum absolute atomic E-state index is 0.789. The van der Waals surface area contributed by atoms with Crippen molar-refractivity contribution in [1.29, 1.82) is 0 Å². The fourth-order valence-corrected chi connectivity index (χ4v) is 5.64. The molecule has 1 aliphatic rings. The van der Waals surface area contributed by atoms with E-state index in [1.54, 1.807) is 0 Å². The minimum Gasteiger partial charge on any atom is -0.457 e. The molecule has 0 fully saturated rings. The molecule has 0 spiro atoms. The van der Waals surface area contributed by atoms with Gasteiger partial charge in [-0.3, -0.25) is 4.40 Å². The van der Waals surface area contributed by atoms with Crippen LogP contribution in [0, 0.1) is 13.8 Å². The third kappa shape index (κ3) is 3.58. The normalized spacial score (nSPS) is 13.3. The van der Waals surface area contributed by atoms with Gasteiger partial charge in [-0.25, -0.2) is 4.98 Å². The van der Waals surface area contributed by atoms with Crippen molar-refractivity contribution in [2.24, 2.45) is 0 Å². The van der Waals surface area contributed by atoms with Gasteiger partial charge in [-0.2, -0.15) is 0 Å². The van der Waals surface area contributed by atoms with Gasteiger partial charge in [0, 0.05) is 47.5 Å². The molecule has 5 heteroatoms. The molecule has 0 radical (unpaired) electrons. The van der Waals surface area contributed by atoms with Crippen molar-refractivity contribution < 1.29 is 4.74 Å². The molecule has 0 amide bonds. The molecule has 0 bridgehead atoms. The summed E-state index contributed by atoms with van der Waals surface area (Å²) < 4.78 is 8.70. The smallest absolute Gasteiger partial charge is 0.145 e. The van der Waals surface area contributed by atoms with Gasteiger partial charge >= 0.3 is 0 Å². The predicted molar refractivity (Wildman–Crippen MR) is 156 cm³/mol. The Labute approximate surface area is 221 Å². The summed E-state index contributed by atoms with van der Waals surface area (Å²) in [5, 5.41) is 3.43. The predicted octanol–water partition coefficient (Wildman–Crippen LogP) is 7.90. The van der Waals surface area contributed by atoms with Crippen LogP contribution in [0.3, 0.4) is 0 Å². The Morgan fingerprint density at radius 1 is 0.737 bits per heavy atom. The highest BCUT2D eigenvalue weighted by Crippen LogP contribution is 2.37. The summed E-state index contributed by atoms with van der Waals surface area (Å²) in [4.78, 5) is 9.31. The van der Waals surface area contributed by atoms with E-state index >= 15 is 0 Å². The third-order valence-corrected chi connectivity index (χ3v) is 7.43. The molecule has 7 rings (SSSR count). The lowest BCUT2D eigenvalue weighted by atomic mass is 10.00. The molecule has 186 valence electrons. The molecule has 0 N–H and O–H groups in total. The van der Waals surface area contributed by atoms with Gasteiger partial charge in [-0.1, -0.05) is 42.5 Å². The highest BCUT2D eigenvalue weighted by molar-refractivity contribution is 6.12. The fourth-order valence-electron chi connectivity index (χ4n) is 5.64. The van der Waals surface area contributed by atoms with Crippen LogP contribution in [-0.4, -0.2) is 28.0 Å². The zero-order chi connectivity index (χ0) is 25.8. The maximum absolute atomic E-state index is 6.40. The van der Waals surface area contributed by atoms with Crippen LogP contribution < -0.4 is 9.64 Å². The summed E-state index contributed by atoms with van der Waals surface area (Å²) in [7, 11) is 2.07. The molecule has 0 unspecified atom stereocenters. The van der Waals surface area contributed by atoms with Gasteiger partial charge < -0.3 is 14.5 Å². The van der Waals surface area contributed by atoms with E-state index in [4.69, 9.17) is 9.72 Å². The van der Waals surface area contributed by atoms with Crippen LogP contribution in [0.25, 0.3) is 38.6 Å². The largest absolute Gasteiger partial charge is 0.457 e. The van der Waals surface area contributed by atoms with Crippen molar-refractivity contribution >= 4 is 33.0 Å². The van der Waals surface area contributed by atoms with E-state index in [0.29, 0.717) is 0 Å². The molecule has 5 nitrogen and oxygen atoms in total. The van der Waals surface area contributed by atoms with E-state index in [1.807, 2.05) is 18.3 Å². The topological polar surface area (TPSA) is 33.0 Å². The standard InChI is InChI=1S/C33H28N4O/c1-22-8-6-9-23(2)32(22)31-20-34-33-29-19-26(14-15-27(29)28-12-4-5-13-30(28)37(31)33)38-25-11-7-10-24(18-25)36-17-16-35(3)21-36/h4-20H,21H2,1-3H3. The molecule has 6 aromatic rings. The Kier molecular flexibility index (Phi) is 5.11. The van der Waals surface area contributed by atoms with Crippen molar-refractivity contribution in [2.75, 3.05) is 18.6 Å². The first-order valence-corrected chi connectivity index (χ1v) is 12.9. The zero-order valence-electron chi connectivity index (χ0n) is 21.7. The molecule has 4 aromatic carbocycles. The quantitative estimate of drug-likeness (QED) is 0.232. The molecule has 0 saturated carbocycles. The number of imidazole rings is 1. The maximum Gasteiger partial charge on any atom is 0.145 e. The lowest BCUT2D eigenvalue weighted by Crippen LogP contribution is -2.21. The molecule has 0 saturated heterocycles. The van der Waals surface area contributed by atoms with Gasteiger partial charge in [-0.15, -0.1) is 0 Å². The van der Waals surface area contributed by atoms with Gasteiger partial charge in [0.05, 0.1) is 24.1 Å². The van der Waals surface area contributed by atoms with Gasteiger partial charge in [-0.05, 0) is 66.8 Å². The number of aryl methyl sites for hydroxylation is 2. The molecule has 3 heterocycles. The summed E-state index contributed by atoms with van der Waals surface area (Å²) >= 11 is 0. The first-order valence-electron chi connectivity index (χ1n) is 12.9. The molecule has 0 atom stereocenters. The number of hydrogen-bond donors (Lipinski definition) is 0. The highest BCUT2D eigenvalue weighted by atomic mass is 16.5. The number of para-hydroxylation sites is 1. The van der Waals surface area contributed by atoms with E-state index in [1.165, 1.54) is 22.1 Å². The highest BCUT2D eigenvalue weighted by Gasteiger charge is 2.17. The lowest BCUT2D eigenvalue weighted by molar-refractivity contribution is 0.481. The van der Waals surface area contributed by atoms with Crippen LogP contribution in [0.1, 0.15) is 11.1 Å². The van der Waals surface area contributed by atoms with E-state index in [-0.39, 0.29) is 0 Å². The van der Waals surface area contributed by atoms with Crippen molar-refractivity contribution in [1.82, 2.24) is 14.3 Å². The molecular formula is C33H28N4O. The Bertz CT molecular complexity index is 1860. The number of nitrogens with zero attached hydrogens (tertiary/aromatic N) is 4. The summed E-state index contributed by atoms with van der Waals surface area (Å²) in [6.07, 6.45) is 6.17. The molecule has 2 aromatic heterocycles. The number of ether oxygens (including phenoxy) is 1. The Hall–Kier alpha value is -4.77. The van der Waals surface area contributed by atoms with Crippen molar-refractivity contribution in [3.8, 4) is 22.8 Å². The molecular weight excluding hydrogens is 468 g/mol. The number of benzene rings is 4. The van der Waals surface area contributed by atoms with E-state index in [0.717, 1.165) is 51.5 Å². The molecule has 0 aliphatic carbocycles. The monoisotopic (exact) mass is 496 g/mol. The first-order chi connectivity index (χ1) is 18.6. The van der Waals surface area contributed by atoms with E-state index < -0.39 is 0 Å². The van der Waals surface area contributed by atoms with Gasteiger partial charge in [0.1, 0.15) is 17.1 Å². The summed E-state index contributed by atoms with van der Waals surface area (Å²) in [6, 6.07) is 29.6. The Morgan fingerprint density at radius 2 is 1.53 bits per heavy atom. The summed E-state index contributed by atoms with van der Waals surface area (Å²) in [6.45, 7) is 5.16. The maximum atomic E-state index is 6.40.